The fraction of sp³-hybridized carbons (Fsp3) is 0.267. The van der Waals surface area contributed by atoms with Crippen LogP contribution in [0, 0.1) is 0 Å². The largest absolute Gasteiger partial charge is 0.416 e. The van der Waals surface area contributed by atoms with Gasteiger partial charge in [0.05, 0.1) is 11.7 Å². The van der Waals surface area contributed by atoms with Crippen LogP contribution in [0.15, 0.2) is 42.6 Å². The van der Waals surface area contributed by atoms with E-state index in [0.717, 1.165) is 12.1 Å². The van der Waals surface area contributed by atoms with Gasteiger partial charge in [0.15, 0.2) is 0 Å². The normalized spacial score (nSPS) is 13.0. The Kier molecular flexibility index (Phi) is 4.56. The fourth-order valence-electron chi connectivity index (χ4n) is 2.02. The first-order valence-corrected chi connectivity index (χ1v) is 6.54. The molecule has 0 spiro atoms. The molecule has 1 aromatic heterocycles. The van der Waals surface area contributed by atoms with Crippen LogP contribution in [0.2, 0.25) is 0 Å². The van der Waals surface area contributed by atoms with E-state index in [9.17, 15) is 23.1 Å². The Labute approximate surface area is 125 Å². The van der Waals surface area contributed by atoms with Crippen molar-refractivity contribution in [2.75, 3.05) is 6.54 Å². The zero-order valence-corrected chi connectivity index (χ0v) is 11.8. The quantitative estimate of drug-likeness (QED) is 0.911. The van der Waals surface area contributed by atoms with E-state index in [1.807, 2.05) is 0 Å². The van der Waals surface area contributed by atoms with Gasteiger partial charge >= 0.3 is 6.18 Å². The molecule has 1 amide bonds. The van der Waals surface area contributed by atoms with Crippen molar-refractivity contribution in [2.45, 2.75) is 12.3 Å². The maximum absolute atomic E-state index is 12.6. The van der Waals surface area contributed by atoms with E-state index in [0.29, 0.717) is 5.69 Å². The Morgan fingerprint density at radius 3 is 2.64 bits per heavy atom. The van der Waals surface area contributed by atoms with Crippen LogP contribution in [0.25, 0.3) is 0 Å². The number of hydrogen-bond acceptors (Lipinski definition) is 2. The number of nitrogens with zero attached hydrogens (tertiary/aromatic N) is 1. The molecule has 0 bridgehead atoms. The molecule has 0 fully saturated rings. The van der Waals surface area contributed by atoms with E-state index >= 15 is 0 Å². The van der Waals surface area contributed by atoms with Crippen molar-refractivity contribution in [1.29, 1.82) is 0 Å². The molecule has 2 aromatic rings. The highest BCUT2D eigenvalue weighted by atomic mass is 19.4. The number of carbonyl (C=O) groups excluding carboxylic acids is 1. The van der Waals surface area contributed by atoms with Gasteiger partial charge in [0.2, 0.25) is 0 Å². The number of aromatic nitrogens is 1. The third-order valence-corrected chi connectivity index (χ3v) is 3.23. The van der Waals surface area contributed by atoms with Gasteiger partial charge in [-0.25, -0.2) is 0 Å². The van der Waals surface area contributed by atoms with Gasteiger partial charge in [-0.05, 0) is 29.8 Å². The summed E-state index contributed by atoms with van der Waals surface area (Å²) in [6.07, 6.45) is -3.99. The third-order valence-electron chi connectivity index (χ3n) is 3.23. The van der Waals surface area contributed by atoms with Crippen molar-refractivity contribution in [3.8, 4) is 0 Å². The number of aliphatic hydroxyl groups excluding tert-OH is 1. The molecule has 2 rings (SSSR count). The molecule has 4 nitrogen and oxygen atoms in total. The van der Waals surface area contributed by atoms with Gasteiger partial charge in [0.1, 0.15) is 5.69 Å². The summed E-state index contributed by atoms with van der Waals surface area (Å²) in [7, 11) is 1.69. The Balaban J connectivity index is 2.02. The Hall–Kier alpha value is -2.28. The summed E-state index contributed by atoms with van der Waals surface area (Å²) in [6, 6.07) is 7.71. The molecule has 0 radical (unpaired) electrons. The van der Waals surface area contributed by atoms with E-state index in [-0.39, 0.29) is 12.1 Å². The van der Waals surface area contributed by atoms with Gasteiger partial charge in [-0.1, -0.05) is 12.1 Å². The minimum absolute atomic E-state index is 0.0991. The number of alkyl halides is 3. The smallest absolute Gasteiger partial charge is 0.387 e. The first-order valence-electron chi connectivity index (χ1n) is 6.54. The lowest BCUT2D eigenvalue weighted by Gasteiger charge is -2.14. The number of halogens is 3. The van der Waals surface area contributed by atoms with Gasteiger partial charge in [0, 0.05) is 19.8 Å². The van der Waals surface area contributed by atoms with Crippen molar-refractivity contribution in [3.05, 3.63) is 59.4 Å². The molecule has 1 heterocycles. The van der Waals surface area contributed by atoms with Crippen LogP contribution in [-0.4, -0.2) is 22.1 Å². The average molecular weight is 312 g/mol. The summed E-state index contributed by atoms with van der Waals surface area (Å²) >= 11 is 0. The summed E-state index contributed by atoms with van der Waals surface area (Å²) in [6.45, 7) is -0.175. The molecule has 0 aliphatic carbocycles. The maximum Gasteiger partial charge on any atom is 0.416 e. The lowest BCUT2D eigenvalue weighted by atomic mass is 10.1. The number of amides is 1. The molecular formula is C15H15F3N2O2. The summed E-state index contributed by atoms with van der Waals surface area (Å²) in [4.78, 5) is 11.9. The molecule has 22 heavy (non-hydrogen) atoms. The van der Waals surface area contributed by atoms with Crippen molar-refractivity contribution in [2.24, 2.45) is 7.05 Å². The first kappa shape index (κ1) is 16.1. The van der Waals surface area contributed by atoms with Gasteiger partial charge in [0.25, 0.3) is 5.91 Å². The molecule has 0 saturated carbocycles. The van der Waals surface area contributed by atoms with Gasteiger partial charge < -0.3 is 15.0 Å². The molecule has 1 unspecified atom stereocenters. The van der Waals surface area contributed by atoms with Crippen molar-refractivity contribution in [1.82, 2.24) is 9.88 Å². The molecule has 0 aliphatic rings. The van der Waals surface area contributed by atoms with E-state index in [4.69, 9.17) is 0 Å². The SMILES string of the molecule is Cn1cccc1C(=O)NCC(O)c1cccc(C(F)(F)F)c1. The number of aliphatic hydroxyl groups is 1. The molecule has 2 N–H and O–H groups in total. The number of benzene rings is 1. The van der Waals surface area contributed by atoms with E-state index in [2.05, 4.69) is 5.32 Å². The summed E-state index contributed by atoms with van der Waals surface area (Å²) in [5.74, 6) is -0.404. The molecule has 118 valence electrons. The lowest BCUT2D eigenvalue weighted by molar-refractivity contribution is -0.137. The van der Waals surface area contributed by atoms with Crippen LogP contribution in [0.1, 0.15) is 27.7 Å². The number of nitrogens with one attached hydrogen (secondary N) is 1. The fourth-order valence-corrected chi connectivity index (χ4v) is 2.02. The van der Waals surface area contributed by atoms with E-state index in [1.54, 1.807) is 29.9 Å². The number of hydrogen-bond donors (Lipinski definition) is 2. The van der Waals surface area contributed by atoms with Crippen LogP contribution < -0.4 is 5.32 Å². The third kappa shape index (κ3) is 3.67. The molecule has 0 saturated heterocycles. The zero-order chi connectivity index (χ0) is 16.3. The number of aryl methyl sites for hydroxylation is 1. The molecule has 7 heteroatoms. The Morgan fingerprint density at radius 2 is 2.05 bits per heavy atom. The van der Waals surface area contributed by atoms with Gasteiger partial charge in [-0.15, -0.1) is 0 Å². The summed E-state index contributed by atoms with van der Waals surface area (Å²) in [5.41, 5.74) is -0.337. The Morgan fingerprint density at radius 1 is 1.32 bits per heavy atom. The highest BCUT2D eigenvalue weighted by molar-refractivity contribution is 5.92. The predicted molar refractivity (Wildman–Crippen MR) is 74.2 cm³/mol. The second kappa shape index (κ2) is 6.23. The minimum Gasteiger partial charge on any atom is -0.387 e. The monoisotopic (exact) mass is 312 g/mol. The average Bonchev–Trinajstić information content (AvgIpc) is 2.90. The molecule has 0 aliphatic heterocycles. The molecule has 1 atom stereocenters. The van der Waals surface area contributed by atoms with Gasteiger partial charge in [-0.3, -0.25) is 4.79 Å². The second-order valence-electron chi connectivity index (χ2n) is 4.85. The van der Waals surface area contributed by atoms with Crippen LogP contribution in [-0.2, 0) is 13.2 Å². The first-order chi connectivity index (χ1) is 10.3. The lowest BCUT2D eigenvalue weighted by Crippen LogP contribution is -2.29. The van der Waals surface area contributed by atoms with Crippen LogP contribution >= 0.6 is 0 Å². The van der Waals surface area contributed by atoms with Gasteiger partial charge in [-0.2, -0.15) is 13.2 Å². The minimum atomic E-state index is -4.47. The molecular weight excluding hydrogens is 297 g/mol. The number of carbonyl (C=O) groups is 1. The van der Waals surface area contributed by atoms with Crippen LogP contribution in [0.5, 0.6) is 0 Å². The summed E-state index contributed by atoms with van der Waals surface area (Å²) < 4.78 is 39.5. The Bertz CT molecular complexity index is 665. The van der Waals surface area contributed by atoms with Crippen molar-refractivity contribution < 1.29 is 23.1 Å². The highest BCUT2D eigenvalue weighted by Crippen LogP contribution is 2.30. The standard InChI is InChI=1S/C15H15F3N2O2/c1-20-7-3-6-12(20)14(22)19-9-13(21)10-4-2-5-11(8-10)15(16,17)18/h2-8,13,21H,9H2,1H3,(H,19,22). The van der Waals surface area contributed by atoms with E-state index in [1.165, 1.54) is 12.1 Å². The van der Waals surface area contributed by atoms with Crippen molar-refractivity contribution in [3.63, 3.8) is 0 Å². The summed E-state index contributed by atoms with van der Waals surface area (Å²) in [5, 5.41) is 12.4. The molecule has 1 aromatic carbocycles. The second-order valence-corrected chi connectivity index (χ2v) is 4.85. The zero-order valence-electron chi connectivity index (χ0n) is 11.8. The van der Waals surface area contributed by atoms with Crippen LogP contribution in [0.3, 0.4) is 0 Å². The highest BCUT2D eigenvalue weighted by Gasteiger charge is 2.30. The topological polar surface area (TPSA) is 54.3 Å². The maximum atomic E-state index is 12.6. The number of rotatable bonds is 4. The van der Waals surface area contributed by atoms with E-state index < -0.39 is 23.8 Å². The van der Waals surface area contributed by atoms with Crippen molar-refractivity contribution >= 4 is 5.91 Å². The predicted octanol–water partition coefficient (Wildman–Crippen LogP) is 2.51. The van der Waals surface area contributed by atoms with Crippen LogP contribution in [0.4, 0.5) is 13.2 Å².